The number of unbranched alkanes of at least 4 members (excludes halogenated alkanes) is 4. The van der Waals surface area contributed by atoms with Crippen molar-refractivity contribution in [3.05, 3.63) is 0 Å². The molecule has 1 saturated heterocycles. The predicted octanol–water partition coefficient (Wildman–Crippen LogP) is 3.30. The van der Waals surface area contributed by atoms with Crippen LogP contribution in [0.25, 0.3) is 0 Å². The average Bonchev–Trinajstić information content (AvgIpc) is 2.28. The summed E-state index contributed by atoms with van der Waals surface area (Å²) in [6, 6.07) is 0. The van der Waals surface area contributed by atoms with Crippen LogP contribution in [-0.4, -0.2) is 12.1 Å². The lowest BCUT2D eigenvalue weighted by atomic mass is 9.88. The summed E-state index contributed by atoms with van der Waals surface area (Å²) in [6.45, 7) is 2.19. The Morgan fingerprint density at radius 1 is 1.25 bits per heavy atom. The molecule has 1 aliphatic heterocycles. The van der Waals surface area contributed by atoms with Crippen LogP contribution in [-0.2, 0) is 9.53 Å². The van der Waals surface area contributed by atoms with E-state index in [1.807, 2.05) is 0 Å². The number of esters is 1. The predicted molar refractivity (Wildman–Crippen MR) is 64.8 cm³/mol. The largest absolute Gasteiger partial charge is 0.461 e. The van der Waals surface area contributed by atoms with Crippen LogP contribution in [0.4, 0.5) is 0 Å². The SMILES string of the molecule is C#CCCC[C@@H]1OC(=O)[C@H]1CCCCCC. The fourth-order valence-electron chi connectivity index (χ4n) is 2.16. The number of carbonyl (C=O) groups excluding carboxylic acids is 1. The topological polar surface area (TPSA) is 26.3 Å². The van der Waals surface area contributed by atoms with Crippen molar-refractivity contribution in [2.45, 2.75) is 64.4 Å². The first kappa shape index (κ1) is 13.1. The van der Waals surface area contributed by atoms with E-state index in [1.54, 1.807) is 0 Å². The molecular weight excluding hydrogens is 200 g/mol. The molecule has 0 N–H and O–H groups in total. The summed E-state index contributed by atoms with van der Waals surface area (Å²) in [4.78, 5) is 11.3. The second-order valence-electron chi connectivity index (χ2n) is 4.53. The van der Waals surface area contributed by atoms with E-state index < -0.39 is 0 Å². The lowest BCUT2D eigenvalue weighted by molar-refractivity contribution is -0.186. The van der Waals surface area contributed by atoms with E-state index in [-0.39, 0.29) is 18.0 Å². The normalized spacial score (nSPS) is 23.4. The molecule has 0 aromatic carbocycles. The molecular formula is C14H22O2. The van der Waals surface area contributed by atoms with E-state index >= 15 is 0 Å². The Bertz CT molecular complexity index is 252. The Balaban J connectivity index is 2.13. The molecule has 2 nitrogen and oxygen atoms in total. The fourth-order valence-corrected chi connectivity index (χ4v) is 2.16. The second kappa shape index (κ2) is 7.33. The zero-order valence-corrected chi connectivity index (χ0v) is 10.2. The highest BCUT2D eigenvalue weighted by atomic mass is 16.6. The van der Waals surface area contributed by atoms with Crippen molar-refractivity contribution in [1.82, 2.24) is 0 Å². The Morgan fingerprint density at radius 2 is 2.06 bits per heavy atom. The standard InChI is InChI=1S/C14H22O2/c1-3-5-7-9-10-12-13(16-14(12)15)11-8-6-4-2/h2,12-13H,3,5-11H2,1H3/t12-,13-/m0/s1. The van der Waals surface area contributed by atoms with Gasteiger partial charge in [0, 0.05) is 6.42 Å². The van der Waals surface area contributed by atoms with Crippen molar-refractivity contribution in [2.75, 3.05) is 0 Å². The molecule has 0 saturated carbocycles. The summed E-state index contributed by atoms with van der Waals surface area (Å²) in [5.74, 6) is 2.78. The van der Waals surface area contributed by atoms with Crippen molar-refractivity contribution in [3.63, 3.8) is 0 Å². The first-order valence-corrected chi connectivity index (χ1v) is 6.43. The Kier molecular flexibility index (Phi) is 6.00. The molecule has 90 valence electrons. The van der Waals surface area contributed by atoms with E-state index in [4.69, 9.17) is 11.2 Å². The molecule has 1 fully saturated rings. The number of hydrogen-bond acceptors (Lipinski definition) is 2. The molecule has 0 spiro atoms. The summed E-state index contributed by atoms with van der Waals surface area (Å²) < 4.78 is 5.15. The summed E-state index contributed by atoms with van der Waals surface area (Å²) in [5, 5.41) is 0. The van der Waals surface area contributed by atoms with Gasteiger partial charge in [-0.25, -0.2) is 0 Å². The van der Waals surface area contributed by atoms with Crippen molar-refractivity contribution in [2.24, 2.45) is 5.92 Å². The monoisotopic (exact) mass is 222 g/mol. The highest BCUT2D eigenvalue weighted by Crippen LogP contribution is 2.31. The summed E-state index contributed by atoms with van der Waals surface area (Å²) in [5.41, 5.74) is 0. The molecule has 16 heavy (non-hydrogen) atoms. The smallest absolute Gasteiger partial charge is 0.313 e. The third-order valence-corrected chi connectivity index (χ3v) is 3.20. The van der Waals surface area contributed by atoms with Crippen LogP contribution in [0.15, 0.2) is 0 Å². The van der Waals surface area contributed by atoms with E-state index in [0.29, 0.717) is 0 Å². The van der Waals surface area contributed by atoms with Gasteiger partial charge in [-0.2, -0.15) is 0 Å². The maximum Gasteiger partial charge on any atom is 0.313 e. The molecule has 0 aromatic rings. The maximum atomic E-state index is 11.3. The van der Waals surface area contributed by atoms with Gasteiger partial charge in [-0.1, -0.05) is 32.6 Å². The van der Waals surface area contributed by atoms with Crippen molar-refractivity contribution >= 4 is 5.97 Å². The Labute approximate surface area is 98.8 Å². The third-order valence-electron chi connectivity index (χ3n) is 3.20. The van der Waals surface area contributed by atoms with Gasteiger partial charge in [-0.05, 0) is 19.3 Å². The molecule has 1 rings (SSSR count). The van der Waals surface area contributed by atoms with Crippen molar-refractivity contribution in [3.8, 4) is 12.3 Å². The number of ether oxygens (including phenoxy) is 1. The highest BCUT2D eigenvalue weighted by Gasteiger charge is 2.40. The summed E-state index contributed by atoms with van der Waals surface area (Å²) in [7, 11) is 0. The zero-order chi connectivity index (χ0) is 11.8. The number of cyclic esters (lactones) is 1. The maximum absolute atomic E-state index is 11.3. The lowest BCUT2D eigenvalue weighted by Gasteiger charge is -2.35. The van der Waals surface area contributed by atoms with Crippen LogP contribution in [0.2, 0.25) is 0 Å². The van der Waals surface area contributed by atoms with Gasteiger partial charge < -0.3 is 4.74 Å². The first-order chi connectivity index (χ1) is 7.79. The molecule has 1 heterocycles. The van der Waals surface area contributed by atoms with E-state index in [1.165, 1.54) is 19.3 Å². The molecule has 1 aliphatic rings. The Hall–Kier alpha value is -0.970. The summed E-state index contributed by atoms with van der Waals surface area (Å²) in [6.07, 6.45) is 13.9. The Morgan fingerprint density at radius 3 is 2.69 bits per heavy atom. The molecule has 0 radical (unpaired) electrons. The number of terminal acetylenes is 1. The van der Waals surface area contributed by atoms with Gasteiger partial charge >= 0.3 is 5.97 Å². The van der Waals surface area contributed by atoms with E-state index in [9.17, 15) is 4.79 Å². The van der Waals surface area contributed by atoms with Crippen LogP contribution in [0.3, 0.4) is 0 Å². The fraction of sp³-hybridized carbons (Fsp3) is 0.786. The minimum atomic E-state index is 0.00204. The van der Waals surface area contributed by atoms with Crippen LogP contribution >= 0.6 is 0 Å². The van der Waals surface area contributed by atoms with Crippen LogP contribution in [0.1, 0.15) is 58.3 Å². The third kappa shape index (κ3) is 3.89. The molecule has 2 atom stereocenters. The number of carbonyl (C=O) groups is 1. The zero-order valence-electron chi connectivity index (χ0n) is 10.2. The second-order valence-corrected chi connectivity index (χ2v) is 4.53. The van der Waals surface area contributed by atoms with Crippen molar-refractivity contribution < 1.29 is 9.53 Å². The lowest BCUT2D eigenvalue weighted by Crippen LogP contribution is -2.44. The molecule has 0 bridgehead atoms. The van der Waals surface area contributed by atoms with Gasteiger partial charge in [0.05, 0.1) is 5.92 Å². The highest BCUT2D eigenvalue weighted by molar-refractivity contribution is 5.78. The molecule has 0 aliphatic carbocycles. The molecule has 0 aromatic heterocycles. The van der Waals surface area contributed by atoms with Crippen LogP contribution in [0.5, 0.6) is 0 Å². The molecule has 0 amide bonds. The first-order valence-electron chi connectivity index (χ1n) is 6.43. The minimum Gasteiger partial charge on any atom is -0.461 e. The van der Waals surface area contributed by atoms with Crippen molar-refractivity contribution in [1.29, 1.82) is 0 Å². The van der Waals surface area contributed by atoms with Gasteiger partial charge in [0.2, 0.25) is 0 Å². The van der Waals surface area contributed by atoms with Crippen LogP contribution < -0.4 is 0 Å². The van der Waals surface area contributed by atoms with Gasteiger partial charge in [0.1, 0.15) is 6.10 Å². The number of rotatable bonds is 8. The van der Waals surface area contributed by atoms with Gasteiger partial charge in [0.15, 0.2) is 0 Å². The van der Waals surface area contributed by atoms with Gasteiger partial charge in [-0.3, -0.25) is 4.79 Å². The van der Waals surface area contributed by atoms with E-state index in [0.717, 1.165) is 32.1 Å². The quantitative estimate of drug-likeness (QED) is 0.358. The van der Waals surface area contributed by atoms with Crippen LogP contribution in [0, 0.1) is 18.3 Å². The summed E-state index contributed by atoms with van der Waals surface area (Å²) >= 11 is 0. The minimum absolute atomic E-state index is 0.00204. The molecule has 0 unspecified atom stereocenters. The van der Waals surface area contributed by atoms with Gasteiger partial charge in [-0.15, -0.1) is 12.3 Å². The average molecular weight is 222 g/mol. The molecule has 2 heteroatoms. The van der Waals surface area contributed by atoms with Gasteiger partial charge in [0.25, 0.3) is 0 Å². The number of hydrogen-bond donors (Lipinski definition) is 0. The van der Waals surface area contributed by atoms with E-state index in [2.05, 4.69) is 12.8 Å².